The first-order valence-electron chi connectivity index (χ1n) is 21.3. The molecule has 0 saturated carbocycles. The van der Waals surface area contributed by atoms with E-state index in [9.17, 15) is 0 Å². The van der Waals surface area contributed by atoms with Crippen LogP contribution in [0.2, 0.25) is 0 Å². The quantitative estimate of drug-likeness (QED) is 0.170. The summed E-state index contributed by atoms with van der Waals surface area (Å²) in [5.41, 5.74) is 17.2. The van der Waals surface area contributed by atoms with Gasteiger partial charge in [0.15, 0.2) is 0 Å². The van der Waals surface area contributed by atoms with Crippen LogP contribution >= 0.6 is 0 Å². The van der Waals surface area contributed by atoms with E-state index < -0.39 is 0 Å². The Balaban J connectivity index is 0.000000152. The van der Waals surface area contributed by atoms with E-state index in [-0.39, 0.29) is 5.41 Å². The predicted molar refractivity (Wildman–Crippen MR) is 254 cm³/mol. The fourth-order valence-electron chi connectivity index (χ4n) is 9.72. The molecule has 8 aromatic carbocycles. The number of rotatable bonds is 6. The van der Waals surface area contributed by atoms with E-state index in [1.165, 1.54) is 73.0 Å². The summed E-state index contributed by atoms with van der Waals surface area (Å²) in [7, 11) is 0. The normalized spacial score (nSPS) is 17.4. The highest BCUT2D eigenvalue weighted by atomic mass is 16.3. The monoisotopic (exact) mass is 775 g/mol. The first-order chi connectivity index (χ1) is 29.4. The highest BCUT2D eigenvalue weighted by Crippen LogP contribution is 2.56. The van der Waals surface area contributed by atoms with Gasteiger partial charge in [-0.2, -0.15) is 0 Å². The summed E-state index contributed by atoms with van der Waals surface area (Å²) >= 11 is 0. The highest BCUT2D eigenvalue weighted by Gasteiger charge is 2.47. The molecule has 0 spiro atoms. The lowest BCUT2D eigenvalue weighted by molar-refractivity contribution is 0.293. The zero-order chi connectivity index (χ0) is 40.6. The second kappa shape index (κ2) is 15.7. The molecule has 1 N–H and O–H groups in total. The molecule has 11 rings (SSSR count). The average molecular weight is 776 g/mol. The van der Waals surface area contributed by atoms with Crippen LogP contribution in [-0.4, -0.2) is 0 Å². The molecule has 1 heterocycles. The van der Waals surface area contributed by atoms with E-state index in [1.807, 2.05) is 18.2 Å². The van der Waals surface area contributed by atoms with Crippen molar-refractivity contribution < 1.29 is 4.42 Å². The zero-order valence-electron chi connectivity index (χ0n) is 34.5. The smallest absolute Gasteiger partial charge is 0.135 e. The molecule has 0 bridgehead atoms. The van der Waals surface area contributed by atoms with E-state index >= 15 is 0 Å². The lowest BCUT2D eigenvalue weighted by Gasteiger charge is -2.34. The topological polar surface area (TPSA) is 25.2 Å². The number of hydrogen-bond acceptors (Lipinski definition) is 2. The van der Waals surface area contributed by atoms with Crippen LogP contribution in [0.4, 0.5) is 11.4 Å². The molecule has 2 aliphatic rings. The number of furan rings is 1. The summed E-state index contributed by atoms with van der Waals surface area (Å²) in [6.07, 6.45) is 6.07. The van der Waals surface area contributed by atoms with Crippen LogP contribution in [0.25, 0.3) is 66.4 Å². The molecule has 3 unspecified atom stereocenters. The SMILES string of the molecule is CC1CC=CC2C1c1ccc(Nc3ccc(-c4cccc(-c5ccccc5)c4)cc3)cc1C2(C)C.c1ccc(-c2ccc(-c3ccc4oc5ccccc5c4c3)cc2)cc1. The Labute approximate surface area is 353 Å². The summed E-state index contributed by atoms with van der Waals surface area (Å²) < 4.78 is 5.92. The van der Waals surface area contributed by atoms with Crippen molar-refractivity contribution in [1.82, 2.24) is 0 Å². The molecule has 0 saturated heterocycles. The number of anilines is 2. The van der Waals surface area contributed by atoms with E-state index in [1.54, 1.807) is 5.56 Å². The number of benzene rings is 8. The van der Waals surface area contributed by atoms with Crippen molar-refractivity contribution in [3.63, 3.8) is 0 Å². The second-order valence-electron chi connectivity index (χ2n) is 17.1. The Morgan fingerprint density at radius 1 is 0.467 bits per heavy atom. The molecular formula is C58H49NO. The van der Waals surface area contributed by atoms with E-state index in [2.05, 4.69) is 214 Å². The van der Waals surface area contributed by atoms with Gasteiger partial charge in [0.05, 0.1) is 0 Å². The van der Waals surface area contributed by atoms with Crippen LogP contribution in [0, 0.1) is 11.8 Å². The van der Waals surface area contributed by atoms with Gasteiger partial charge >= 0.3 is 0 Å². The fourth-order valence-corrected chi connectivity index (χ4v) is 9.72. The van der Waals surface area contributed by atoms with Crippen molar-refractivity contribution in [3.05, 3.63) is 217 Å². The van der Waals surface area contributed by atoms with Gasteiger partial charge in [0.1, 0.15) is 11.2 Å². The summed E-state index contributed by atoms with van der Waals surface area (Å²) in [6.45, 7) is 7.25. The van der Waals surface area contributed by atoms with Gasteiger partial charge < -0.3 is 9.73 Å². The standard InChI is InChI=1S/C34H33N.C24H16O/c1-23-9-7-14-31-33(23)30-20-19-29(22-32(30)34(31,2)3)35-28-17-15-25(16-18-28)27-13-8-12-26(21-27)24-10-5-4-6-11-24;1-2-6-17(7-3-1)18-10-12-19(13-11-18)20-14-15-24-22(16-20)21-8-4-5-9-23(21)25-24/h4-8,10-23,31,33,35H,9H2,1-3H3;1-16H. The van der Waals surface area contributed by atoms with Crippen LogP contribution < -0.4 is 5.32 Å². The minimum Gasteiger partial charge on any atom is -0.456 e. The number of hydrogen-bond donors (Lipinski definition) is 1. The van der Waals surface area contributed by atoms with Gasteiger partial charge in [0.25, 0.3) is 0 Å². The first kappa shape index (κ1) is 37.4. The number of allylic oxidation sites excluding steroid dienone is 2. The van der Waals surface area contributed by atoms with E-state index in [0.717, 1.165) is 16.9 Å². The third-order valence-corrected chi connectivity index (χ3v) is 13.0. The number of fused-ring (bicyclic) bond motifs is 6. The molecule has 0 amide bonds. The molecule has 2 aliphatic carbocycles. The molecule has 1 aromatic heterocycles. The van der Waals surface area contributed by atoms with Crippen LogP contribution in [-0.2, 0) is 5.41 Å². The van der Waals surface area contributed by atoms with Crippen LogP contribution in [0.15, 0.2) is 211 Å². The molecule has 3 atom stereocenters. The molecule has 60 heavy (non-hydrogen) atoms. The van der Waals surface area contributed by atoms with Crippen molar-refractivity contribution in [2.75, 3.05) is 5.32 Å². The minimum atomic E-state index is 0.163. The molecule has 0 fully saturated rings. The summed E-state index contributed by atoms with van der Waals surface area (Å²) in [6, 6.07) is 69.0. The van der Waals surface area contributed by atoms with Crippen LogP contribution in [0.5, 0.6) is 0 Å². The average Bonchev–Trinajstić information content (AvgIpc) is 3.79. The third-order valence-electron chi connectivity index (χ3n) is 13.0. The van der Waals surface area contributed by atoms with Crippen molar-refractivity contribution in [3.8, 4) is 44.5 Å². The summed E-state index contributed by atoms with van der Waals surface area (Å²) in [5.74, 6) is 1.95. The Morgan fingerprint density at radius 3 is 1.68 bits per heavy atom. The van der Waals surface area contributed by atoms with Gasteiger partial charge in [0.2, 0.25) is 0 Å². The van der Waals surface area contributed by atoms with Gasteiger partial charge in [-0.1, -0.05) is 179 Å². The highest BCUT2D eigenvalue weighted by molar-refractivity contribution is 6.06. The molecule has 2 heteroatoms. The molecule has 0 radical (unpaired) electrons. The Kier molecular flexibility index (Phi) is 9.78. The first-order valence-corrected chi connectivity index (χ1v) is 21.3. The third kappa shape index (κ3) is 7.13. The maximum absolute atomic E-state index is 5.92. The molecular weight excluding hydrogens is 727 g/mol. The Hall–Kier alpha value is -6.90. The van der Waals surface area contributed by atoms with Gasteiger partial charge in [-0.3, -0.25) is 0 Å². The zero-order valence-corrected chi connectivity index (χ0v) is 34.5. The van der Waals surface area contributed by atoms with Gasteiger partial charge in [-0.05, 0) is 134 Å². The second-order valence-corrected chi connectivity index (χ2v) is 17.1. The van der Waals surface area contributed by atoms with E-state index in [4.69, 9.17) is 4.42 Å². The number of nitrogens with one attached hydrogen (secondary N) is 1. The summed E-state index contributed by atoms with van der Waals surface area (Å²) in [4.78, 5) is 0. The molecule has 292 valence electrons. The largest absolute Gasteiger partial charge is 0.456 e. The van der Waals surface area contributed by atoms with Gasteiger partial charge in [-0.15, -0.1) is 0 Å². The van der Waals surface area contributed by atoms with Crippen molar-refractivity contribution >= 4 is 33.3 Å². The maximum Gasteiger partial charge on any atom is 0.135 e. The van der Waals surface area contributed by atoms with Gasteiger partial charge in [-0.25, -0.2) is 0 Å². The van der Waals surface area contributed by atoms with Crippen LogP contribution in [0.3, 0.4) is 0 Å². The van der Waals surface area contributed by atoms with Crippen molar-refractivity contribution in [2.45, 2.75) is 38.5 Å². The fraction of sp³-hybridized carbons (Fsp3) is 0.138. The van der Waals surface area contributed by atoms with Crippen LogP contribution in [0.1, 0.15) is 44.2 Å². The van der Waals surface area contributed by atoms with E-state index in [0.29, 0.717) is 17.8 Å². The molecule has 2 nitrogen and oxygen atoms in total. The Morgan fingerprint density at radius 2 is 0.983 bits per heavy atom. The van der Waals surface area contributed by atoms with Gasteiger partial charge in [0, 0.05) is 22.1 Å². The minimum absolute atomic E-state index is 0.163. The van der Waals surface area contributed by atoms with Crippen molar-refractivity contribution in [1.29, 1.82) is 0 Å². The lowest BCUT2D eigenvalue weighted by atomic mass is 9.69. The maximum atomic E-state index is 5.92. The lowest BCUT2D eigenvalue weighted by Crippen LogP contribution is -2.28. The number of para-hydroxylation sites is 1. The molecule has 9 aromatic rings. The van der Waals surface area contributed by atoms with Crippen molar-refractivity contribution in [2.24, 2.45) is 11.8 Å². The summed E-state index contributed by atoms with van der Waals surface area (Å²) in [5, 5.41) is 6.00. The molecule has 0 aliphatic heterocycles. The predicted octanol–water partition coefficient (Wildman–Crippen LogP) is 16.3. The Bertz CT molecular complexity index is 2960.